The number of urea groups is 1. The van der Waals surface area contributed by atoms with Gasteiger partial charge in [-0.3, -0.25) is 4.90 Å². The van der Waals surface area contributed by atoms with Gasteiger partial charge in [-0.25, -0.2) is 4.79 Å². The number of amides is 2. The Morgan fingerprint density at radius 3 is 2.54 bits per heavy atom. The van der Waals surface area contributed by atoms with Crippen molar-refractivity contribution in [1.29, 1.82) is 0 Å². The van der Waals surface area contributed by atoms with Crippen molar-refractivity contribution < 1.29 is 23.1 Å². The molecule has 0 saturated carbocycles. The minimum atomic E-state index is -4.46. The van der Waals surface area contributed by atoms with Gasteiger partial charge < -0.3 is 20.2 Å². The van der Waals surface area contributed by atoms with Gasteiger partial charge in [0.1, 0.15) is 0 Å². The number of carbonyl (C=O) groups excluding carboxylic acids is 1. The number of halogens is 3. The summed E-state index contributed by atoms with van der Waals surface area (Å²) in [6, 6.07) is 3.89. The van der Waals surface area contributed by atoms with Crippen LogP contribution in [0.15, 0.2) is 24.3 Å². The average molecular weight is 372 g/mol. The van der Waals surface area contributed by atoms with Crippen LogP contribution in [0.25, 0.3) is 0 Å². The summed E-state index contributed by atoms with van der Waals surface area (Å²) in [5.41, 5.74) is -0.727. The van der Waals surface area contributed by atoms with E-state index in [4.69, 9.17) is 0 Å². The highest BCUT2D eigenvalue weighted by atomic mass is 19.4. The summed E-state index contributed by atoms with van der Waals surface area (Å²) >= 11 is 0. The van der Waals surface area contributed by atoms with Crippen LogP contribution < -0.4 is 5.32 Å². The van der Waals surface area contributed by atoms with Crippen molar-refractivity contribution in [2.24, 2.45) is 0 Å². The number of hydrogen-bond donors (Lipinski definition) is 2. The van der Waals surface area contributed by atoms with Gasteiger partial charge in [-0.15, -0.1) is 0 Å². The van der Waals surface area contributed by atoms with Crippen LogP contribution in [0.2, 0.25) is 0 Å². The highest BCUT2D eigenvalue weighted by molar-refractivity contribution is 5.89. The van der Waals surface area contributed by atoms with E-state index >= 15 is 0 Å². The van der Waals surface area contributed by atoms with Crippen molar-refractivity contribution in [3.05, 3.63) is 29.8 Å². The zero-order valence-corrected chi connectivity index (χ0v) is 14.5. The Hall–Kier alpha value is -1.84. The fourth-order valence-corrected chi connectivity index (χ4v) is 3.42. The van der Waals surface area contributed by atoms with E-state index in [1.165, 1.54) is 17.0 Å². The number of piperazine rings is 1. The number of alkyl halides is 3. The number of carbonyl (C=O) groups is 1. The molecule has 9 heteroatoms. The lowest BCUT2D eigenvalue weighted by molar-refractivity contribution is -0.137. The lowest BCUT2D eigenvalue weighted by atomic mass is 10.1. The maximum absolute atomic E-state index is 12.8. The third-order valence-corrected chi connectivity index (χ3v) is 4.99. The number of hydrogen-bond acceptors (Lipinski definition) is 4. The van der Waals surface area contributed by atoms with Crippen LogP contribution in [0.4, 0.5) is 23.7 Å². The van der Waals surface area contributed by atoms with Crippen LogP contribution in [0.3, 0.4) is 0 Å². The van der Waals surface area contributed by atoms with E-state index in [2.05, 4.69) is 15.1 Å². The molecule has 2 fully saturated rings. The van der Waals surface area contributed by atoms with Gasteiger partial charge >= 0.3 is 12.2 Å². The molecule has 6 nitrogen and oxygen atoms in total. The van der Waals surface area contributed by atoms with Crippen molar-refractivity contribution in [2.75, 3.05) is 51.6 Å². The molecule has 0 bridgehead atoms. The van der Waals surface area contributed by atoms with Crippen LogP contribution in [-0.2, 0) is 6.18 Å². The molecule has 0 aromatic heterocycles. The fourth-order valence-electron chi connectivity index (χ4n) is 3.42. The van der Waals surface area contributed by atoms with E-state index in [0.717, 1.165) is 38.3 Å². The standard InChI is InChI=1S/C17H23F3N4O2/c1-22-5-7-23(8-6-22)14-10-24(11-15(14)25)16(26)21-13-4-2-3-12(9-13)17(18,19)20/h2-4,9,14-15,25H,5-8,10-11H2,1H3,(H,21,26)/t14-,15-/m0/s1. The second-order valence-electron chi connectivity index (χ2n) is 6.89. The molecule has 2 amide bonds. The Morgan fingerprint density at radius 1 is 1.19 bits per heavy atom. The van der Waals surface area contributed by atoms with E-state index in [9.17, 15) is 23.1 Å². The van der Waals surface area contributed by atoms with Crippen molar-refractivity contribution in [1.82, 2.24) is 14.7 Å². The molecule has 0 aliphatic carbocycles. The Balaban J connectivity index is 1.61. The molecule has 0 unspecified atom stereocenters. The summed E-state index contributed by atoms with van der Waals surface area (Å²) in [5, 5.41) is 12.8. The molecule has 0 radical (unpaired) electrons. The summed E-state index contributed by atoms with van der Waals surface area (Å²) in [6.45, 7) is 3.97. The highest BCUT2D eigenvalue weighted by Gasteiger charge is 2.38. The van der Waals surface area contributed by atoms with Crippen LogP contribution in [0.1, 0.15) is 5.56 Å². The molecule has 1 aromatic carbocycles. The number of β-amino-alcohol motifs (C(OH)–C–C–N with tert-alkyl or cyclic N) is 1. The largest absolute Gasteiger partial charge is 0.416 e. The minimum absolute atomic E-state index is 0.0855. The number of aliphatic hydroxyl groups excluding tert-OH is 1. The number of nitrogens with one attached hydrogen (secondary N) is 1. The Labute approximate surface area is 150 Å². The quantitative estimate of drug-likeness (QED) is 0.827. The molecule has 2 N–H and O–H groups in total. The normalized spacial score (nSPS) is 25.5. The van der Waals surface area contributed by atoms with Gasteiger partial charge in [0, 0.05) is 38.4 Å². The SMILES string of the molecule is CN1CCN([C@H]2CN(C(=O)Nc3cccc(C(F)(F)F)c3)C[C@@H]2O)CC1. The van der Waals surface area contributed by atoms with Crippen LogP contribution in [0.5, 0.6) is 0 Å². The molecule has 2 aliphatic rings. The predicted octanol–water partition coefficient (Wildman–Crippen LogP) is 1.53. The van der Waals surface area contributed by atoms with Crippen molar-refractivity contribution in [3.63, 3.8) is 0 Å². The van der Waals surface area contributed by atoms with Gasteiger partial charge in [0.2, 0.25) is 0 Å². The van der Waals surface area contributed by atoms with Crippen molar-refractivity contribution in [3.8, 4) is 0 Å². The van der Waals surface area contributed by atoms with Gasteiger partial charge in [0.15, 0.2) is 0 Å². The number of anilines is 1. The summed E-state index contributed by atoms with van der Waals surface area (Å²) in [6.07, 6.45) is -5.12. The molecule has 26 heavy (non-hydrogen) atoms. The smallest absolute Gasteiger partial charge is 0.390 e. The number of aliphatic hydroxyl groups is 1. The topological polar surface area (TPSA) is 59.0 Å². The number of benzene rings is 1. The number of nitrogens with zero attached hydrogens (tertiary/aromatic N) is 3. The summed E-state index contributed by atoms with van der Waals surface area (Å²) in [5.74, 6) is 0. The summed E-state index contributed by atoms with van der Waals surface area (Å²) in [7, 11) is 2.04. The highest BCUT2D eigenvalue weighted by Crippen LogP contribution is 2.30. The second kappa shape index (κ2) is 7.42. The third kappa shape index (κ3) is 4.28. The molecule has 1 aromatic rings. The fraction of sp³-hybridized carbons (Fsp3) is 0.588. The van der Waals surface area contributed by atoms with Gasteiger partial charge in [-0.1, -0.05) is 6.07 Å². The minimum Gasteiger partial charge on any atom is -0.390 e. The predicted molar refractivity (Wildman–Crippen MR) is 90.9 cm³/mol. The zero-order valence-electron chi connectivity index (χ0n) is 14.5. The number of likely N-dealkylation sites (tertiary alicyclic amines) is 1. The van der Waals surface area contributed by atoms with Crippen LogP contribution in [-0.4, -0.2) is 84.3 Å². The molecule has 0 spiro atoms. The maximum atomic E-state index is 12.8. The first-order valence-electron chi connectivity index (χ1n) is 8.58. The first-order chi connectivity index (χ1) is 12.2. The van der Waals surface area contributed by atoms with E-state index < -0.39 is 23.9 Å². The second-order valence-corrected chi connectivity index (χ2v) is 6.89. The van der Waals surface area contributed by atoms with Crippen molar-refractivity contribution in [2.45, 2.75) is 18.3 Å². The molecular weight excluding hydrogens is 349 g/mol. The summed E-state index contributed by atoms with van der Waals surface area (Å²) < 4.78 is 38.3. The van der Waals surface area contributed by atoms with Crippen molar-refractivity contribution >= 4 is 11.7 Å². The molecule has 2 atom stereocenters. The lowest BCUT2D eigenvalue weighted by Gasteiger charge is -2.37. The molecule has 2 saturated heterocycles. The maximum Gasteiger partial charge on any atom is 0.416 e. The van der Waals surface area contributed by atoms with E-state index in [0.29, 0.717) is 6.54 Å². The van der Waals surface area contributed by atoms with Gasteiger partial charge in [-0.05, 0) is 25.2 Å². The molecule has 2 heterocycles. The zero-order chi connectivity index (χ0) is 18.9. The number of rotatable bonds is 2. The number of likely N-dealkylation sites (N-methyl/N-ethyl adjacent to an activating group) is 1. The van der Waals surface area contributed by atoms with Crippen LogP contribution >= 0.6 is 0 Å². The third-order valence-electron chi connectivity index (χ3n) is 4.99. The van der Waals surface area contributed by atoms with Crippen LogP contribution in [0, 0.1) is 0 Å². The van der Waals surface area contributed by atoms with E-state index in [1.54, 1.807) is 0 Å². The van der Waals surface area contributed by atoms with Gasteiger partial charge in [-0.2, -0.15) is 13.2 Å². The van der Waals surface area contributed by atoms with E-state index in [1.807, 2.05) is 7.05 Å². The first kappa shape index (κ1) is 18.9. The molecule has 144 valence electrons. The van der Waals surface area contributed by atoms with E-state index in [-0.39, 0.29) is 18.3 Å². The van der Waals surface area contributed by atoms with Gasteiger partial charge in [0.25, 0.3) is 0 Å². The Kier molecular flexibility index (Phi) is 5.40. The Morgan fingerprint density at radius 2 is 1.88 bits per heavy atom. The van der Waals surface area contributed by atoms with Gasteiger partial charge in [0.05, 0.1) is 24.3 Å². The lowest BCUT2D eigenvalue weighted by Crippen LogP contribution is -2.52. The first-order valence-corrected chi connectivity index (χ1v) is 8.58. The molecule has 3 rings (SSSR count). The molecule has 2 aliphatic heterocycles. The summed E-state index contributed by atoms with van der Waals surface area (Å²) in [4.78, 5) is 18.2. The molecular formula is C17H23F3N4O2. The average Bonchev–Trinajstić information content (AvgIpc) is 2.97. The Bertz CT molecular complexity index is 647. The monoisotopic (exact) mass is 372 g/mol.